The van der Waals surface area contributed by atoms with Crippen molar-refractivity contribution in [1.29, 1.82) is 0 Å². The highest BCUT2D eigenvalue weighted by Gasteiger charge is 2.31. The molecule has 1 aromatic rings. The summed E-state index contributed by atoms with van der Waals surface area (Å²) in [7, 11) is 0. The van der Waals surface area contributed by atoms with Crippen molar-refractivity contribution in [2.75, 3.05) is 4.90 Å². The Morgan fingerprint density at radius 1 is 1.37 bits per heavy atom. The SMILES string of the molecule is C[C@@H](C(=O)O)N(C(=O)OC(C)(C)C)c1ccnnc1. The lowest BCUT2D eigenvalue weighted by Gasteiger charge is -2.29. The van der Waals surface area contributed by atoms with Crippen LogP contribution in [0.5, 0.6) is 0 Å². The first kappa shape index (κ1) is 14.9. The number of carbonyl (C=O) groups is 2. The maximum absolute atomic E-state index is 12.1. The fourth-order valence-corrected chi connectivity index (χ4v) is 1.33. The number of hydrogen-bond acceptors (Lipinski definition) is 5. The average molecular weight is 267 g/mol. The van der Waals surface area contributed by atoms with Gasteiger partial charge in [0.15, 0.2) is 0 Å². The molecule has 0 aliphatic rings. The van der Waals surface area contributed by atoms with Crippen molar-refractivity contribution in [3.8, 4) is 0 Å². The first-order chi connectivity index (χ1) is 8.72. The van der Waals surface area contributed by atoms with E-state index in [0.717, 1.165) is 4.90 Å². The first-order valence-electron chi connectivity index (χ1n) is 5.74. The Morgan fingerprint density at radius 3 is 2.42 bits per heavy atom. The lowest BCUT2D eigenvalue weighted by molar-refractivity contribution is -0.138. The lowest BCUT2D eigenvalue weighted by atomic mass is 10.2. The number of hydrogen-bond donors (Lipinski definition) is 1. The quantitative estimate of drug-likeness (QED) is 0.895. The first-order valence-corrected chi connectivity index (χ1v) is 5.74. The molecule has 0 saturated carbocycles. The number of rotatable bonds is 3. The lowest BCUT2D eigenvalue weighted by Crippen LogP contribution is -2.46. The van der Waals surface area contributed by atoms with Crippen LogP contribution >= 0.6 is 0 Å². The van der Waals surface area contributed by atoms with Gasteiger partial charge in [-0.3, -0.25) is 4.90 Å². The Balaban J connectivity index is 3.07. The molecule has 1 rings (SSSR count). The second kappa shape index (κ2) is 5.64. The number of carboxylic acid groups (broad SMARTS) is 1. The van der Waals surface area contributed by atoms with Gasteiger partial charge in [-0.25, -0.2) is 9.59 Å². The van der Waals surface area contributed by atoms with Gasteiger partial charge in [0.1, 0.15) is 11.6 Å². The van der Waals surface area contributed by atoms with Gasteiger partial charge in [0.25, 0.3) is 0 Å². The normalized spacial score (nSPS) is 12.6. The summed E-state index contributed by atoms with van der Waals surface area (Å²) in [6.07, 6.45) is 1.94. The molecular formula is C12H17N3O4. The second-order valence-electron chi connectivity index (χ2n) is 4.97. The van der Waals surface area contributed by atoms with Gasteiger partial charge in [0.2, 0.25) is 0 Å². The van der Waals surface area contributed by atoms with Gasteiger partial charge in [0, 0.05) is 0 Å². The molecular weight excluding hydrogens is 250 g/mol. The molecule has 0 radical (unpaired) electrons. The molecule has 0 aliphatic carbocycles. The van der Waals surface area contributed by atoms with Crippen molar-refractivity contribution in [3.63, 3.8) is 0 Å². The minimum atomic E-state index is -1.14. The van der Waals surface area contributed by atoms with Crippen LogP contribution in [-0.2, 0) is 9.53 Å². The molecule has 0 fully saturated rings. The number of amides is 1. The van der Waals surface area contributed by atoms with Crippen molar-refractivity contribution in [2.24, 2.45) is 0 Å². The van der Waals surface area contributed by atoms with Crippen LogP contribution in [0.25, 0.3) is 0 Å². The highest BCUT2D eigenvalue weighted by atomic mass is 16.6. The van der Waals surface area contributed by atoms with Crippen molar-refractivity contribution in [2.45, 2.75) is 39.3 Å². The average Bonchev–Trinajstić information content (AvgIpc) is 2.28. The Labute approximate surface area is 111 Å². The van der Waals surface area contributed by atoms with Gasteiger partial charge in [-0.05, 0) is 33.8 Å². The van der Waals surface area contributed by atoms with Gasteiger partial charge >= 0.3 is 12.1 Å². The van der Waals surface area contributed by atoms with Crippen LogP contribution in [0, 0.1) is 0 Å². The van der Waals surface area contributed by atoms with E-state index in [2.05, 4.69) is 10.2 Å². The highest BCUT2D eigenvalue weighted by Crippen LogP contribution is 2.19. The summed E-state index contributed by atoms with van der Waals surface area (Å²) in [6, 6.07) is 0.426. The molecule has 0 aliphatic heterocycles. The van der Waals surface area contributed by atoms with E-state index < -0.39 is 23.7 Å². The van der Waals surface area contributed by atoms with Crippen LogP contribution in [0.4, 0.5) is 10.5 Å². The van der Waals surface area contributed by atoms with Gasteiger partial charge in [-0.15, -0.1) is 0 Å². The summed E-state index contributed by atoms with van der Waals surface area (Å²) in [6.45, 7) is 6.52. The van der Waals surface area contributed by atoms with Gasteiger partial charge < -0.3 is 9.84 Å². The van der Waals surface area contributed by atoms with Crippen molar-refractivity contribution in [3.05, 3.63) is 18.5 Å². The monoisotopic (exact) mass is 267 g/mol. The molecule has 0 bridgehead atoms. The van der Waals surface area contributed by atoms with E-state index in [-0.39, 0.29) is 0 Å². The third-order valence-corrected chi connectivity index (χ3v) is 2.18. The summed E-state index contributed by atoms with van der Waals surface area (Å²) in [4.78, 5) is 24.2. The topological polar surface area (TPSA) is 92.6 Å². The fourth-order valence-electron chi connectivity index (χ4n) is 1.33. The Kier molecular flexibility index (Phi) is 4.42. The number of carbonyl (C=O) groups excluding carboxylic acids is 1. The van der Waals surface area contributed by atoms with Crippen molar-refractivity contribution in [1.82, 2.24) is 10.2 Å². The van der Waals surface area contributed by atoms with E-state index in [1.807, 2.05) is 0 Å². The van der Waals surface area contributed by atoms with E-state index in [1.54, 1.807) is 20.8 Å². The predicted molar refractivity (Wildman–Crippen MR) is 67.8 cm³/mol. The van der Waals surface area contributed by atoms with Crippen LogP contribution in [0.15, 0.2) is 18.5 Å². The second-order valence-corrected chi connectivity index (χ2v) is 4.97. The fraction of sp³-hybridized carbons (Fsp3) is 0.500. The summed E-state index contributed by atoms with van der Waals surface area (Å²) < 4.78 is 5.20. The van der Waals surface area contributed by atoms with Crippen LogP contribution in [0.1, 0.15) is 27.7 Å². The molecule has 7 nitrogen and oxygen atoms in total. The molecule has 0 unspecified atom stereocenters. The van der Waals surface area contributed by atoms with Crippen LogP contribution in [0.3, 0.4) is 0 Å². The minimum absolute atomic E-state index is 0.319. The van der Waals surface area contributed by atoms with E-state index in [9.17, 15) is 9.59 Å². The zero-order chi connectivity index (χ0) is 14.6. The van der Waals surface area contributed by atoms with E-state index in [4.69, 9.17) is 9.84 Å². The molecule has 1 amide bonds. The third-order valence-electron chi connectivity index (χ3n) is 2.18. The highest BCUT2D eigenvalue weighted by molar-refractivity contribution is 5.94. The predicted octanol–water partition coefficient (Wildman–Crippen LogP) is 1.69. The molecule has 1 aromatic heterocycles. The molecule has 1 atom stereocenters. The number of ether oxygens (including phenoxy) is 1. The number of anilines is 1. The number of nitrogens with zero attached hydrogens (tertiary/aromatic N) is 3. The standard InChI is InChI=1S/C12H17N3O4/c1-8(10(16)17)15(9-5-6-13-14-7-9)11(18)19-12(2,3)4/h5-8H,1-4H3,(H,16,17)/t8-/m0/s1. The summed E-state index contributed by atoms with van der Waals surface area (Å²) >= 11 is 0. The van der Waals surface area contributed by atoms with E-state index in [1.165, 1.54) is 25.4 Å². The largest absolute Gasteiger partial charge is 0.480 e. The maximum Gasteiger partial charge on any atom is 0.415 e. The summed E-state index contributed by atoms with van der Waals surface area (Å²) in [5.74, 6) is -1.14. The molecule has 1 N–H and O–H groups in total. The van der Waals surface area contributed by atoms with Crippen LogP contribution in [0.2, 0.25) is 0 Å². The van der Waals surface area contributed by atoms with Crippen molar-refractivity contribution < 1.29 is 19.4 Å². The van der Waals surface area contributed by atoms with E-state index >= 15 is 0 Å². The minimum Gasteiger partial charge on any atom is -0.480 e. The molecule has 0 saturated heterocycles. The van der Waals surface area contributed by atoms with Gasteiger partial charge in [-0.2, -0.15) is 10.2 Å². The number of aliphatic carboxylic acids is 1. The summed E-state index contributed by atoms with van der Waals surface area (Å²) in [5.41, 5.74) is -0.396. The zero-order valence-corrected chi connectivity index (χ0v) is 11.3. The van der Waals surface area contributed by atoms with Gasteiger partial charge in [0.05, 0.1) is 18.1 Å². The molecule has 104 valence electrons. The summed E-state index contributed by atoms with van der Waals surface area (Å²) in [5, 5.41) is 16.3. The Hall–Kier alpha value is -2.18. The smallest absolute Gasteiger partial charge is 0.415 e. The zero-order valence-electron chi connectivity index (χ0n) is 11.3. The molecule has 0 aromatic carbocycles. The van der Waals surface area contributed by atoms with Gasteiger partial charge in [-0.1, -0.05) is 0 Å². The Morgan fingerprint density at radius 2 is 2.00 bits per heavy atom. The molecule has 0 spiro atoms. The number of aromatic nitrogens is 2. The molecule has 19 heavy (non-hydrogen) atoms. The van der Waals surface area contributed by atoms with Crippen molar-refractivity contribution >= 4 is 17.7 Å². The Bertz CT molecular complexity index is 456. The van der Waals surface area contributed by atoms with Crippen LogP contribution < -0.4 is 4.90 Å². The number of carboxylic acids is 1. The van der Waals surface area contributed by atoms with E-state index in [0.29, 0.717) is 5.69 Å². The molecule has 7 heteroatoms. The third kappa shape index (κ3) is 4.20. The maximum atomic E-state index is 12.1. The molecule has 1 heterocycles. The van der Waals surface area contributed by atoms with Crippen LogP contribution in [-0.4, -0.2) is 39.0 Å².